The van der Waals surface area contributed by atoms with Crippen molar-refractivity contribution in [3.63, 3.8) is 0 Å². The van der Waals surface area contributed by atoms with Crippen LogP contribution in [0.5, 0.6) is 5.75 Å². The highest BCUT2D eigenvalue weighted by atomic mass is 79.9. The van der Waals surface area contributed by atoms with E-state index in [0.29, 0.717) is 58.2 Å². The number of carbonyl (C=O) groups excluding carboxylic acids is 2. The normalized spacial score (nSPS) is 13.5. The number of nitrogens with one attached hydrogen (secondary N) is 1. The van der Waals surface area contributed by atoms with Crippen molar-refractivity contribution in [2.24, 2.45) is 0 Å². The fourth-order valence-corrected chi connectivity index (χ4v) is 5.42. The number of carbonyl (C=O) groups is 2. The molecule has 0 aromatic heterocycles. The lowest BCUT2D eigenvalue weighted by molar-refractivity contribution is 0.0746. The lowest BCUT2D eigenvalue weighted by atomic mass is 10.1. The summed E-state index contributed by atoms with van der Waals surface area (Å²) in [6.45, 7) is 2.46. The first kappa shape index (κ1) is 24.6. The van der Waals surface area contributed by atoms with Crippen LogP contribution in [0.2, 0.25) is 5.02 Å². The third-order valence-corrected chi connectivity index (χ3v) is 6.91. The van der Waals surface area contributed by atoms with Crippen molar-refractivity contribution in [1.29, 1.82) is 0 Å². The van der Waals surface area contributed by atoms with Gasteiger partial charge in [-0.05, 0) is 64.5 Å². The van der Waals surface area contributed by atoms with E-state index in [1.807, 2.05) is 35.2 Å². The maximum atomic E-state index is 13.1. The lowest BCUT2D eigenvalue weighted by Crippen LogP contribution is -2.49. The Kier molecular flexibility index (Phi) is 7.80. The monoisotopic (exact) mass is 605 g/mol. The van der Waals surface area contributed by atoms with Crippen LogP contribution in [0.4, 0.5) is 11.4 Å². The number of para-hydroxylation sites is 2. The molecule has 6 nitrogen and oxygen atoms in total. The average molecular weight is 608 g/mol. The SMILES string of the molecule is COc1c(Br)cc(Br)cc1C(=O)Nc1ccccc1N1CCN(C(=O)c2ccc(Cl)cc2)CC1. The number of amides is 2. The Labute approximate surface area is 220 Å². The first-order chi connectivity index (χ1) is 16.4. The van der Waals surface area contributed by atoms with Crippen molar-refractivity contribution in [1.82, 2.24) is 4.90 Å². The van der Waals surface area contributed by atoms with Crippen LogP contribution >= 0.6 is 43.5 Å². The molecule has 3 aromatic rings. The molecule has 1 heterocycles. The van der Waals surface area contributed by atoms with E-state index in [9.17, 15) is 9.59 Å². The summed E-state index contributed by atoms with van der Waals surface area (Å²) >= 11 is 12.8. The highest BCUT2D eigenvalue weighted by molar-refractivity contribution is 9.11. The Hall–Kier alpha value is -2.55. The molecule has 0 bridgehead atoms. The number of ether oxygens (including phenoxy) is 1. The first-order valence-corrected chi connectivity index (χ1v) is 12.6. The summed E-state index contributed by atoms with van der Waals surface area (Å²) in [6.07, 6.45) is 0. The number of benzene rings is 3. The molecule has 0 aliphatic carbocycles. The number of nitrogens with zero attached hydrogens (tertiary/aromatic N) is 2. The van der Waals surface area contributed by atoms with Crippen molar-refractivity contribution in [3.8, 4) is 5.75 Å². The lowest BCUT2D eigenvalue weighted by Gasteiger charge is -2.37. The van der Waals surface area contributed by atoms with Crippen LogP contribution in [0.3, 0.4) is 0 Å². The first-order valence-electron chi connectivity index (χ1n) is 10.6. The van der Waals surface area contributed by atoms with Gasteiger partial charge in [0.25, 0.3) is 11.8 Å². The van der Waals surface area contributed by atoms with E-state index >= 15 is 0 Å². The van der Waals surface area contributed by atoms with E-state index in [-0.39, 0.29) is 11.8 Å². The maximum absolute atomic E-state index is 13.1. The number of rotatable bonds is 5. The average Bonchev–Trinajstić information content (AvgIpc) is 2.84. The predicted octanol–water partition coefficient (Wildman–Crippen LogP) is 6.09. The molecule has 34 heavy (non-hydrogen) atoms. The number of halogens is 3. The van der Waals surface area contributed by atoms with E-state index in [0.717, 1.165) is 10.2 Å². The molecule has 1 aliphatic rings. The van der Waals surface area contributed by atoms with Gasteiger partial charge in [0.2, 0.25) is 0 Å². The van der Waals surface area contributed by atoms with E-state index in [1.54, 1.807) is 30.3 Å². The van der Waals surface area contributed by atoms with Crippen molar-refractivity contribution < 1.29 is 14.3 Å². The molecule has 2 amide bonds. The summed E-state index contributed by atoms with van der Waals surface area (Å²) in [4.78, 5) is 30.0. The summed E-state index contributed by atoms with van der Waals surface area (Å²) in [6, 6.07) is 18.2. The molecular weight excluding hydrogens is 586 g/mol. The third kappa shape index (κ3) is 5.40. The van der Waals surface area contributed by atoms with E-state index in [4.69, 9.17) is 16.3 Å². The van der Waals surface area contributed by atoms with Gasteiger partial charge in [0.1, 0.15) is 5.75 Å². The molecule has 0 radical (unpaired) electrons. The third-order valence-electron chi connectivity index (χ3n) is 5.61. The molecule has 1 saturated heterocycles. The summed E-state index contributed by atoms with van der Waals surface area (Å²) in [5, 5.41) is 3.63. The van der Waals surface area contributed by atoms with Gasteiger partial charge in [0, 0.05) is 41.2 Å². The fourth-order valence-electron chi connectivity index (χ4n) is 3.91. The van der Waals surface area contributed by atoms with Crippen LogP contribution in [0.15, 0.2) is 69.6 Å². The number of anilines is 2. The molecule has 0 saturated carbocycles. The van der Waals surface area contributed by atoms with E-state index in [2.05, 4.69) is 42.1 Å². The molecular formula is C25H22Br2ClN3O3. The second-order valence-electron chi connectivity index (χ2n) is 7.73. The van der Waals surface area contributed by atoms with Crippen LogP contribution < -0.4 is 15.0 Å². The van der Waals surface area contributed by atoms with Gasteiger partial charge in [-0.1, -0.05) is 39.7 Å². The Morgan fingerprint density at radius 3 is 2.32 bits per heavy atom. The van der Waals surface area contributed by atoms with Crippen LogP contribution in [0.25, 0.3) is 0 Å². The highest BCUT2D eigenvalue weighted by Gasteiger charge is 2.24. The van der Waals surface area contributed by atoms with Gasteiger partial charge in [0.15, 0.2) is 0 Å². The zero-order chi connectivity index (χ0) is 24.2. The molecule has 0 spiro atoms. The van der Waals surface area contributed by atoms with Gasteiger partial charge >= 0.3 is 0 Å². The van der Waals surface area contributed by atoms with Crippen molar-refractivity contribution in [2.75, 3.05) is 43.5 Å². The van der Waals surface area contributed by atoms with E-state index in [1.165, 1.54) is 7.11 Å². The number of piperazine rings is 1. The summed E-state index contributed by atoms with van der Waals surface area (Å²) in [7, 11) is 1.53. The maximum Gasteiger partial charge on any atom is 0.259 e. The van der Waals surface area contributed by atoms with Crippen LogP contribution in [-0.2, 0) is 0 Å². The zero-order valence-electron chi connectivity index (χ0n) is 18.4. The minimum Gasteiger partial charge on any atom is -0.495 e. The largest absolute Gasteiger partial charge is 0.495 e. The number of hydrogen-bond donors (Lipinski definition) is 1. The van der Waals surface area contributed by atoms with Crippen LogP contribution in [0.1, 0.15) is 20.7 Å². The topological polar surface area (TPSA) is 61.9 Å². The van der Waals surface area contributed by atoms with Gasteiger partial charge < -0.3 is 19.9 Å². The smallest absolute Gasteiger partial charge is 0.259 e. The molecule has 0 unspecified atom stereocenters. The summed E-state index contributed by atoms with van der Waals surface area (Å²) in [5.41, 5.74) is 2.64. The minimum absolute atomic E-state index is 0.00905. The van der Waals surface area contributed by atoms with E-state index < -0.39 is 0 Å². The van der Waals surface area contributed by atoms with Gasteiger partial charge in [-0.25, -0.2) is 0 Å². The molecule has 1 fully saturated rings. The van der Waals surface area contributed by atoms with Crippen molar-refractivity contribution >= 4 is 66.6 Å². The second kappa shape index (κ2) is 10.8. The molecule has 1 aliphatic heterocycles. The standard InChI is InChI=1S/C25H22Br2ClN3O3/c1-34-23-19(14-17(26)15-20(23)27)24(32)29-21-4-2-3-5-22(21)30-10-12-31(13-11-30)25(33)16-6-8-18(28)9-7-16/h2-9,14-15H,10-13H2,1H3,(H,29,32). The Morgan fingerprint density at radius 1 is 0.971 bits per heavy atom. The van der Waals surface area contributed by atoms with Gasteiger partial charge in [0.05, 0.1) is 28.5 Å². The van der Waals surface area contributed by atoms with Crippen molar-refractivity contribution in [3.05, 3.63) is 85.8 Å². The molecule has 3 aromatic carbocycles. The molecule has 9 heteroatoms. The number of methoxy groups -OCH3 is 1. The van der Waals surface area contributed by atoms with Crippen LogP contribution in [0, 0.1) is 0 Å². The molecule has 4 rings (SSSR count). The van der Waals surface area contributed by atoms with Gasteiger partial charge in [-0.3, -0.25) is 9.59 Å². The summed E-state index contributed by atoms with van der Waals surface area (Å²) in [5.74, 6) is 0.181. The zero-order valence-corrected chi connectivity index (χ0v) is 22.3. The summed E-state index contributed by atoms with van der Waals surface area (Å²) < 4.78 is 6.88. The van der Waals surface area contributed by atoms with Gasteiger partial charge in [-0.2, -0.15) is 0 Å². The Balaban J connectivity index is 1.48. The predicted molar refractivity (Wildman–Crippen MR) is 142 cm³/mol. The van der Waals surface area contributed by atoms with Gasteiger partial charge in [-0.15, -0.1) is 0 Å². The Bertz CT molecular complexity index is 1210. The minimum atomic E-state index is -0.275. The van der Waals surface area contributed by atoms with Crippen LogP contribution in [-0.4, -0.2) is 50.0 Å². The number of hydrogen-bond acceptors (Lipinski definition) is 4. The van der Waals surface area contributed by atoms with Crippen molar-refractivity contribution in [2.45, 2.75) is 0 Å². The molecule has 1 N–H and O–H groups in total. The molecule has 0 atom stereocenters. The fraction of sp³-hybridized carbons (Fsp3) is 0.200. The Morgan fingerprint density at radius 2 is 1.65 bits per heavy atom. The molecule has 176 valence electrons. The second-order valence-corrected chi connectivity index (χ2v) is 9.93. The quantitative estimate of drug-likeness (QED) is 0.382. The highest BCUT2D eigenvalue weighted by Crippen LogP contribution is 2.34.